The van der Waals surface area contributed by atoms with Gasteiger partial charge in [0.25, 0.3) is 0 Å². The van der Waals surface area contributed by atoms with Crippen LogP contribution in [0.2, 0.25) is 0 Å². The van der Waals surface area contributed by atoms with Crippen LogP contribution in [0.3, 0.4) is 0 Å². The molecule has 3 rings (SSSR count). The number of phenolic OH excluding ortho intramolecular Hbond substituents is 1. The van der Waals surface area contributed by atoms with E-state index in [4.69, 9.17) is 9.47 Å². The highest BCUT2D eigenvalue weighted by atomic mass is 16.6. The molecule has 2 aliphatic heterocycles. The number of rotatable bonds is 6. The van der Waals surface area contributed by atoms with Gasteiger partial charge in [-0.05, 0) is 17.7 Å². The molecule has 2 heterocycles. The lowest BCUT2D eigenvalue weighted by molar-refractivity contribution is 0.00965. The summed E-state index contributed by atoms with van der Waals surface area (Å²) in [7, 11) is 0. The fraction of sp³-hybridized carbons (Fsp3) is 0.571. The molecule has 2 unspecified atom stereocenters. The quantitative estimate of drug-likeness (QED) is 0.746. The number of ether oxygens (including phenoxy) is 2. The van der Waals surface area contributed by atoms with Gasteiger partial charge in [-0.1, -0.05) is 12.1 Å². The Morgan fingerprint density at radius 1 is 1.06 bits per heavy atom. The Hall–Kier alpha value is -1.10. The van der Waals surface area contributed by atoms with E-state index in [-0.39, 0.29) is 18.0 Å². The lowest BCUT2D eigenvalue weighted by Gasteiger charge is -2.27. The lowest BCUT2D eigenvalue weighted by atomic mass is 9.86. The van der Waals surface area contributed by atoms with Gasteiger partial charge in [-0.2, -0.15) is 0 Å². The van der Waals surface area contributed by atoms with Gasteiger partial charge >= 0.3 is 0 Å². The molecule has 0 radical (unpaired) electrons. The number of hydrogen-bond donors (Lipinski definition) is 2. The molecule has 98 valence electrons. The summed E-state index contributed by atoms with van der Waals surface area (Å²) in [5, 5.41) is 20.0. The second kappa shape index (κ2) is 4.53. The molecule has 4 heteroatoms. The molecule has 1 aromatic rings. The maximum absolute atomic E-state index is 10.7. The van der Waals surface area contributed by atoms with Crippen molar-refractivity contribution in [2.24, 2.45) is 0 Å². The minimum absolute atomic E-state index is 0.200. The zero-order valence-corrected chi connectivity index (χ0v) is 10.2. The number of hydrogen-bond acceptors (Lipinski definition) is 4. The average Bonchev–Trinajstić information content (AvgIpc) is 3.19. The van der Waals surface area contributed by atoms with Crippen LogP contribution in [0.5, 0.6) is 5.75 Å². The van der Waals surface area contributed by atoms with Crippen molar-refractivity contribution in [2.75, 3.05) is 13.2 Å². The van der Waals surface area contributed by atoms with Gasteiger partial charge in [0.1, 0.15) is 5.75 Å². The van der Waals surface area contributed by atoms with Crippen molar-refractivity contribution < 1.29 is 19.7 Å². The lowest BCUT2D eigenvalue weighted by Crippen LogP contribution is -2.35. The highest BCUT2D eigenvalue weighted by Gasteiger charge is 2.41. The Kier molecular flexibility index (Phi) is 3.01. The molecule has 0 aliphatic carbocycles. The second-order valence-corrected chi connectivity index (χ2v) is 5.39. The van der Waals surface area contributed by atoms with E-state index in [9.17, 15) is 10.2 Å². The predicted molar refractivity (Wildman–Crippen MR) is 65.5 cm³/mol. The SMILES string of the molecule is Oc1ccc(CC(O)(CC2CO2)CC2CO2)cc1. The van der Waals surface area contributed by atoms with Crippen LogP contribution >= 0.6 is 0 Å². The van der Waals surface area contributed by atoms with Crippen LogP contribution < -0.4 is 0 Å². The number of aliphatic hydroxyl groups is 1. The first-order chi connectivity index (χ1) is 8.63. The molecule has 2 N–H and O–H groups in total. The summed E-state index contributed by atoms with van der Waals surface area (Å²) >= 11 is 0. The first-order valence-electron chi connectivity index (χ1n) is 6.36. The standard InChI is InChI=1S/C14H18O4/c15-11-3-1-10(2-4-11)5-14(16,6-12-8-17-12)7-13-9-18-13/h1-4,12-13,15-16H,5-9H2. The first-order valence-corrected chi connectivity index (χ1v) is 6.36. The topological polar surface area (TPSA) is 65.5 Å². The molecule has 2 atom stereocenters. The number of phenols is 1. The first kappa shape index (κ1) is 12.0. The minimum atomic E-state index is -0.765. The molecule has 0 spiro atoms. The van der Waals surface area contributed by atoms with Crippen LogP contribution in [0.1, 0.15) is 18.4 Å². The Morgan fingerprint density at radius 2 is 1.56 bits per heavy atom. The van der Waals surface area contributed by atoms with Crippen molar-refractivity contribution >= 4 is 0 Å². The van der Waals surface area contributed by atoms with Gasteiger partial charge in [0, 0.05) is 19.3 Å². The van der Waals surface area contributed by atoms with Gasteiger partial charge < -0.3 is 19.7 Å². The summed E-state index contributed by atoms with van der Waals surface area (Å²) in [6.07, 6.45) is 2.30. The Labute approximate surface area is 106 Å². The fourth-order valence-corrected chi connectivity index (χ4v) is 2.44. The normalized spacial score (nSPS) is 28.7. The fourth-order valence-electron chi connectivity index (χ4n) is 2.44. The van der Waals surface area contributed by atoms with Crippen LogP contribution in [0.25, 0.3) is 0 Å². The third kappa shape index (κ3) is 3.22. The molecular formula is C14H18O4. The van der Waals surface area contributed by atoms with E-state index in [0.717, 1.165) is 18.8 Å². The summed E-state index contributed by atoms with van der Waals surface area (Å²) in [6.45, 7) is 1.51. The van der Waals surface area contributed by atoms with E-state index in [1.54, 1.807) is 12.1 Å². The molecule has 18 heavy (non-hydrogen) atoms. The van der Waals surface area contributed by atoms with E-state index in [2.05, 4.69) is 0 Å². The Balaban J connectivity index is 1.68. The van der Waals surface area contributed by atoms with Gasteiger partial charge in [-0.15, -0.1) is 0 Å². The van der Waals surface area contributed by atoms with Crippen molar-refractivity contribution in [3.05, 3.63) is 29.8 Å². The summed E-state index contributed by atoms with van der Waals surface area (Å²) in [4.78, 5) is 0. The van der Waals surface area contributed by atoms with Crippen molar-refractivity contribution in [3.63, 3.8) is 0 Å². The van der Waals surface area contributed by atoms with Crippen molar-refractivity contribution in [1.82, 2.24) is 0 Å². The smallest absolute Gasteiger partial charge is 0.115 e. The number of benzene rings is 1. The molecule has 0 bridgehead atoms. The Bertz CT molecular complexity index is 392. The average molecular weight is 250 g/mol. The summed E-state index contributed by atoms with van der Waals surface area (Å²) in [6, 6.07) is 7.00. The Morgan fingerprint density at radius 3 is 2.00 bits per heavy atom. The molecule has 2 saturated heterocycles. The van der Waals surface area contributed by atoms with Gasteiger partial charge in [-0.3, -0.25) is 0 Å². The van der Waals surface area contributed by atoms with Crippen LogP contribution in [-0.2, 0) is 15.9 Å². The molecule has 2 aliphatic rings. The molecule has 2 fully saturated rings. The summed E-state index contributed by atoms with van der Waals surface area (Å²) < 4.78 is 10.4. The number of epoxide rings is 2. The molecule has 4 nitrogen and oxygen atoms in total. The molecular weight excluding hydrogens is 232 g/mol. The second-order valence-electron chi connectivity index (χ2n) is 5.39. The largest absolute Gasteiger partial charge is 0.508 e. The maximum atomic E-state index is 10.7. The van der Waals surface area contributed by atoms with Crippen molar-refractivity contribution in [1.29, 1.82) is 0 Å². The minimum Gasteiger partial charge on any atom is -0.508 e. The zero-order valence-electron chi connectivity index (χ0n) is 10.2. The highest BCUT2D eigenvalue weighted by Crippen LogP contribution is 2.33. The van der Waals surface area contributed by atoms with E-state index in [0.29, 0.717) is 19.3 Å². The third-order valence-corrected chi connectivity index (χ3v) is 3.49. The van der Waals surface area contributed by atoms with Crippen molar-refractivity contribution in [2.45, 2.75) is 37.1 Å². The molecule has 0 saturated carbocycles. The van der Waals surface area contributed by atoms with Gasteiger partial charge in [0.05, 0.1) is 31.0 Å². The van der Waals surface area contributed by atoms with E-state index in [1.807, 2.05) is 12.1 Å². The van der Waals surface area contributed by atoms with Crippen LogP contribution in [0, 0.1) is 0 Å². The highest BCUT2D eigenvalue weighted by molar-refractivity contribution is 5.27. The summed E-state index contributed by atoms with van der Waals surface area (Å²) in [5.41, 5.74) is 0.260. The molecule has 1 aromatic carbocycles. The van der Waals surface area contributed by atoms with E-state index in [1.165, 1.54) is 0 Å². The predicted octanol–water partition coefficient (Wildman–Crippen LogP) is 1.24. The van der Waals surface area contributed by atoms with Crippen molar-refractivity contribution in [3.8, 4) is 5.75 Å². The zero-order chi connectivity index (χ0) is 12.6. The molecule has 0 aromatic heterocycles. The summed E-state index contributed by atoms with van der Waals surface area (Å²) in [5.74, 6) is 0.248. The van der Waals surface area contributed by atoms with Crippen LogP contribution in [0.4, 0.5) is 0 Å². The van der Waals surface area contributed by atoms with E-state index < -0.39 is 5.60 Å². The maximum Gasteiger partial charge on any atom is 0.115 e. The molecule has 0 amide bonds. The van der Waals surface area contributed by atoms with Gasteiger partial charge in [0.15, 0.2) is 0 Å². The van der Waals surface area contributed by atoms with Gasteiger partial charge in [-0.25, -0.2) is 0 Å². The van der Waals surface area contributed by atoms with Crippen LogP contribution in [0.15, 0.2) is 24.3 Å². The van der Waals surface area contributed by atoms with E-state index >= 15 is 0 Å². The van der Waals surface area contributed by atoms with Crippen LogP contribution in [-0.4, -0.2) is 41.2 Å². The monoisotopic (exact) mass is 250 g/mol. The van der Waals surface area contributed by atoms with Gasteiger partial charge in [0.2, 0.25) is 0 Å². The number of aromatic hydroxyl groups is 1. The third-order valence-electron chi connectivity index (χ3n) is 3.49.